The van der Waals surface area contributed by atoms with E-state index in [0.29, 0.717) is 19.8 Å². The Morgan fingerprint density at radius 3 is 2.08 bits per heavy atom. The molecular formula is C21H38N2O3. The van der Waals surface area contributed by atoms with E-state index in [2.05, 4.69) is 16.7 Å². The van der Waals surface area contributed by atoms with E-state index in [1.165, 1.54) is 38.5 Å². The SMILES string of the molecule is CCN1CCN(CC(O)COCCOC23CC4CC(CC(C4)C2)C3)CC1. The first-order chi connectivity index (χ1) is 12.6. The van der Waals surface area contributed by atoms with Gasteiger partial charge in [0.05, 0.1) is 31.5 Å². The maximum Gasteiger partial charge on any atom is 0.0900 e. The molecule has 150 valence electrons. The molecule has 0 aromatic rings. The Hall–Kier alpha value is -0.200. The summed E-state index contributed by atoms with van der Waals surface area (Å²) in [5, 5.41) is 10.2. The van der Waals surface area contributed by atoms with Gasteiger partial charge in [0.1, 0.15) is 0 Å². The van der Waals surface area contributed by atoms with Gasteiger partial charge >= 0.3 is 0 Å². The third-order valence-electron chi connectivity index (χ3n) is 7.31. The molecule has 4 saturated carbocycles. The molecule has 1 unspecified atom stereocenters. The van der Waals surface area contributed by atoms with E-state index in [0.717, 1.165) is 57.0 Å². The fourth-order valence-corrected chi connectivity index (χ4v) is 6.38. The number of hydrogen-bond donors (Lipinski definition) is 1. The van der Waals surface area contributed by atoms with Crippen LogP contribution in [0.15, 0.2) is 0 Å². The van der Waals surface area contributed by atoms with Gasteiger partial charge in [-0.15, -0.1) is 0 Å². The van der Waals surface area contributed by atoms with Gasteiger partial charge in [-0.1, -0.05) is 6.92 Å². The van der Waals surface area contributed by atoms with Crippen LogP contribution in [0.2, 0.25) is 0 Å². The molecular weight excluding hydrogens is 328 g/mol. The zero-order chi connectivity index (χ0) is 18.0. The molecule has 4 bridgehead atoms. The minimum Gasteiger partial charge on any atom is -0.389 e. The molecule has 0 aromatic carbocycles. The summed E-state index contributed by atoms with van der Waals surface area (Å²) in [6.07, 6.45) is 7.83. The highest BCUT2D eigenvalue weighted by Crippen LogP contribution is 2.57. The molecule has 1 N–H and O–H groups in total. The topological polar surface area (TPSA) is 45.2 Å². The van der Waals surface area contributed by atoms with E-state index in [1.54, 1.807) is 0 Å². The molecule has 1 atom stereocenters. The third kappa shape index (κ3) is 4.61. The first kappa shape index (κ1) is 19.1. The van der Waals surface area contributed by atoms with Crippen molar-refractivity contribution in [2.75, 3.05) is 59.1 Å². The zero-order valence-corrected chi connectivity index (χ0v) is 16.6. The summed E-state index contributed by atoms with van der Waals surface area (Å²) in [4.78, 5) is 4.81. The molecule has 0 spiro atoms. The summed E-state index contributed by atoms with van der Waals surface area (Å²) in [5.41, 5.74) is 0.176. The van der Waals surface area contributed by atoms with Gasteiger partial charge in [-0.25, -0.2) is 0 Å². The summed E-state index contributed by atoms with van der Waals surface area (Å²) in [6.45, 7) is 10.1. The lowest BCUT2D eigenvalue weighted by molar-refractivity contribution is -0.170. The Morgan fingerprint density at radius 2 is 1.50 bits per heavy atom. The van der Waals surface area contributed by atoms with Crippen molar-refractivity contribution in [2.24, 2.45) is 17.8 Å². The molecule has 5 fully saturated rings. The third-order valence-corrected chi connectivity index (χ3v) is 7.31. The molecule has 0 amide bonds. The monoisotopic (exact) mass is 366 g/mol. The standard InChI is InChI=1S/C21H38N2O3/c1-2-22-3-5-23(6-4-22)15-20(24)16-25-7-8-26-21-12-17-9-18(13-21)11-19(10-17)14-21/h17-20,24H,2-16H2,1H3. The predicted molar refractivity (Wildman–Crippen MR) is 102 cm³/mol. The van der Waals surface area contributed by atoms with E-state index in [9.17, 15) is 5.11 Å². The number of β-amino-alcohol motifs (C(OH)–C–C–N with tert-alkyl or cyclic N) is 1. The number of likely N-dealkylation sites (N-methyl/N-ethyl adjacent to an activating group) is 1. The van der Waals surface area contributed by atoms with Crippen molar-refractivity contribution in [3.8, 4) is 0 Å². The molecule has 26 heavy (non-hydrogen) atoms. The van der Waals surface area contributed by atoms with Crippen molar-refractivity contribution in [3.63, 3.8) is 0 Å². The molecule has 0 aromatic heterocycles. The highest BCUT2D eigenvalue weighted by atomic mass is 16.5. The highest BCUT2D eigenvalue weighted by Gasteiger charge is 2.51. The second-order valence-corrected chi connectivity index (χ2v) is 9.41. The number of nitrogens with zero attached hydrogens (tertiary/aromatic N) is 2. The Balaban J connectivity index is 1.09. The van der Waals surface area contributed by atoms with E-state index in [-0.39, 0.29) is 11.7 Å². The molecule has 1 heterocycles. The minimum absolute atomic E-state index is 0.176. The minimum atomic E-state index is -0.386. The number of rotatable bonds is 9. The lowest BCUT2D eigenvalue weighted by Crippen LogP contribution is -2.52. The number of piperazine rings is 1. The van der Waals surface area contributed by atoms with Gasteiger partial charge in [-0.2, -0.15) is 0 Å². The van der Waals surface area contributed by atoms with Gasteiger partial charge in [-0.05, 0) is 62.8 Å². The molecule has 4 aliphatic carbocycles. The number of ether oxygens (including phenoxy) is 2. The van der Waals surface area contributed by atoms with Gasteiger partial charge < -0.3 is 19.5 Å². The van der Waals surface area contributed by atoms with E-state index < -0.39 is 0 Å². The average Bonchev–Trinajstić information content (AvgIpc) is 2.61. The summed E-state index contributed by atoms with van der Waals surface area (Å²) in [6, 6.07) is 0. The normalized spacial score (nSPS) is 38.8. The van der Waals surface area contributed by atoms with Crippen LogP contribution in [0.1, 0.15) is 45.4 Å². The zero-order valence-electron chi connectivity index (χ0n) is 16.6. The molecule has 0 radical (unpaired) electrons. The van der Waals surface area contributed by atoms with Crippen molar-refractivity contribution in [1.82, 2.24) is 9.80 Å². The van der Waals surface area contributed by atoms with Gasteiger partial charge in [0.15, 0.2) is 0 Å². The molecule has 5 heteroatoms. The summed E-state index contributed by atoms with van der Waals surface area (Å²) in [7, 11) is 0. The summed E-state index contributed by atoms with van der Waals surface area (Å²) < 4.78 is 12.1. The molecule has 1 aliphatic heterocycles. The maximum atomic E-state index is 10.2. The Labute approximate surface area is 159 Å². The molecule has 1 saturated heterocycles. The second-order valence-electron chi connectivity index (χ2n) is 9.41. The molecule has 5 aliphatic rings. The van der Waals surface area contributed by atoms with Crippen LogP contribution in [0.5, 0.6) is 0 Å². The molecule has 5 nitrogen and oxygen atoms in total. The van der Waals surface area contributed by atoms with E-state index in [4.69, 9.17) is 9.47 Å². The van der Waals surface area contributed by atoms with Crippen LogP contribution >= 0.6 is 0 Å². The van der Waals surface area contributed by atoms with Crippen molar-refractivity contribution < 1.29 is 14.6 Å². The predicted octanol–water partition coefficient (Wildman–Crippen LogP) is 1.99. The van der Waals surface area contributed by atoms with Crippen molar-refractivity contribution in [1.29, 1.82) is 0 Å². The van der Waals surface area contributed by atoms with Gasteiger partial charge in [0, 0.05) is 32.7 Å². The average molecular weight is 367 g/mol. The first-order valence-corrected chi connectivity index (χ1v) is 11.0. The quantitative estimate of drug-likeness (QED) is 0.632. The second kappa shape index (κ2) is 8.44. The van der Waals surface area contributed by atoms with Crippen LogP contribution in [0.25, 0.3) is 0 Å². The van der Waals surface area contributed by atoms with Crippen molar-refractivity contribution >= 4 is 0 Å². The lowest BCUT2D eigenvalue weighted by atomic mass is 9.54. The van der Waals surface area contributed by atoms with Gasteiger partial charge in [0.2, 0.25) is 0 Å². The van der Waals surface area contributed by atoms with Crippen LogP contribution < -0.4 is 0 Å². The van der Waals surface area contributed by atoms with E-state index in [1.807, 2.05) is 0 Å². The van der Waals surface area contributed by atoms with Crippen LogP contribution in [0.3, 0.4) is 0 Å². The highest BCUT2D eigenvalue weighted by molar-refractivity contribution is 5.03. The van der Waals surface area contributed by atoms with E-state index >= 15 is 0 Å². The van der Waals surface area contributed by atoms with Gasteiger partial charge in [0.25, 0.3) is 0 Å². The number of hydrogen-bond acceptors (Lipinski definition) is 5. The summed E-state index contributed by atoms with van der Waals surface area (Å²) >= 11 is 0. The smallest absolute Gasteiger partial charge is 0.0900 e. The molecule has 5 rings (SSSR count). The fourth-order valence-electron chi connectivity index (χ4n) is 6.38. The lowest BCUT2D eigenvalue weighted by Gasteiger charge is -2.56. The largest absolute Gasteiger partial charge is 0.389 e. The Bertz CT molecular complexity index is 415. The summed E-state index contributed by atoms with van der Waals surface area (Å²) in [5.74, 6) is 2.78. The first-order valence-electron chi connectivity index (χ1n) is 11.0. The fraction of sp³-hybridized carbons (Fsp3) is 1.00. The van der Waals surface area contributed by atoms with Crippen molar-refractivity contribution in [2.45, 2.75) is 57.2 Å². The van der Waals surface area contributed by atoms with Gasteiger partial charge in [-0.3, -0.25) is 4.90 Å². The van der Waals surface area contributed by atoms with Crippen molar-refractivity contribution in [3.05, 3.63) is 0 Å². The van der Waals surface area contributed by atoms with Crippen LogP contribution in [-0.2, 0) is 9.47 Å². The van der Waals surface area contributed by atoms with Crippen LogP contribution in [-0.4, -0.2) is 85.7 Å². The number of aliphatic hydroxyl groups excluding tert-OH is 1. The van der Waals surface area contributed by atoms with Crippen LogP contribution in [0.4, 0.5) is 0 Å². The number of aliphatic hydroxyl groups is 1. The Morgan fingerprint density at radius 1 is 0.923 bits per heavy atom. The Kier molecular flexibility index (Phi) is 6.21. The maximum absolute atomic E-state index is 10.2. The van der Waals surface area contributed by atoms with Crippen LogP contribution in [0, 0.1) is 17.8 Å².